The quantitative estimate of drug-likeness (QED) is 0.848. The van der Waals surface area contributed by atoms with Gasteiger partial charge in [0.05, 0.1) is 4.90 Å². The Morgan fingerprint density at radius 1 is 1.14 bits per heavy atom. The molecular weight excluding hydrogens is 284 g/mol. The minimum atomic E-state index is -3.39. The second-order valence-corrected chi connectivity index (χ2v) is 8.25. The molecule has 2 aliphatic rings. The molecule has 2 unspecified atom stereocenters. The predicted octanol–water partition coefficient (Wildman–Crippen LogP) is 2.41. The van der Waals surface area contributed by atoms with E-state index in [9.17, 15) is 8.42 Å². The van der Waals surface area contributed by atoms with Gasteiger partial charge in [0, 0.05) is 18.6 Å². The van der Waals surface area contributed by atoms with E-state index in [-0.39, 0.29) is 6.04 Å². The Labute approximate surface area is 127 Å². The molecule has 1 aromatic carbocycles. The van der Waals surface area contributed by atoms with E-state index in [0.717, 1.165) is 31.4 Å². The highest BCUT2D eigenvalue weighted by Crippen LogP contribution is 2.26. The zero-order chi connectivity index (χ0) is 14.9. The van der Waals surface area contributed by atoms with Crippen LogP contribution in [0.2, 0.25) is 0 Å². The molecule has 1 aromatic rings. The van der Waals surface area contributed by atoms with Crippen molar-refractivity contribution in [2.45, 2.75) is 62.6 Å². The van der Waals surface area contributed by atoms with Crippen LogP contribution in [0.5, 0.6) is 0 Å². The Morgan fingerprint density at radius 3 is 2.57 bits per heavy atom. The summed E-state index contributed by atoms with van der Waals surface area (Å²) in [5.41, 5.74) is 1.03. The number of rotatable bonds is 6. The molecule has 2 atom stereocenters. The minimum Gasteiger partial charge on any atom is -0.310 e. The lowest BCUT2D eigenvalue weighted by molar-refractivity contribution is 0.538. The van der Waals surface area contributed by atoms with E-state index < -0.39 is 10.0 Å². The van der Waals surface area contributed by atoms with Crippen LogP contribution in [-0.2, 0) is 16.6 Å². The molecule has 2 fully saturated rings. The lowest BCUT2D eigenvalue weighted by Gasteiger charge is -2.14. The third-order valence-electron chi connectivity index (χ3n) is 4.40. The van der Waals surface area contributed by atoms with Crippen LogP contribution in [-0.4, -0.2) is 20.5 Å². The SMILES string of the molecule is CC1CCC(NS(=O)(=O)c2cccc(CNC3CC3)c2)C1. The van der Waals surface area contributed by atoms with Crippen LogP contribution in [0.3, 0.4) is 0 Å². The molecule has 0 heterocycles. The van der Waals surface area contributed by atoms with E-state index >= 15 is 0 Å². The van der Waals surface area contributed by atoms with Crippen molar-refractivity contribution in [2.24, 2.45) is 5.92 Å². The number of hydrogen-bond acceptors (Lipinski definition) is 3. The molecule has 4 nitrogen and oxygen atoms in total. The summed E-state index contributed by atoms with van der Waals surface area (Å²) in [4.78, 5) is 0.386. The van der Waals surface area contributed by atoms with E-state index in [1.54, 1.807) is 12.1 Å². The second kappa shape index (κ2) is 6.07. The molecule has 0 aromatic heterocycles. The van der Waals surface area contributed by atoms with Crippen LogP contribution in [0.1, 0.15) is 44.6 Å². The summed E-state index contributed by atoms with van der Waals surface area (Å²) in [6.45, 7) is 2.92. The molecule has 0 bridgehead atoms. The molecule has 0 spiro atoms. The second-order valence-electron chi connectivity index (χ2n) is 6.54. The van der Waals surface area contributed by atoms with Gasteiger partial charge >= 0.3 is 0 Å². The highest BCUT2D eigenvalue weighted by atomic mass is 32.2. The van der Waals surface area contributed by atoms with Gasteiger partial charge in [-0.1, -0.05) is 19.1 Å². The first-order chi connectivity index (χ1) is 10.0. The highest BCUT2D eigenvalue weighted by molar-refractivity contribution is 7.89. The molecule has 0 saturated heterocycles. The third-order valence-corrected chi connectivity index (χ3v) is 5.92. The van der Waals surface area contributed by atoms with Crippen LogP contribution in [0.4, 0.5) is 0 Å². The first kappa shape index (κ1) is 15.0. The van der Waals surface area contributed by atoms with Gasteiger partial charge < -0.3 is 5.32 Å². The van der Waals surface area contributed by atoms with Crippen molar-refractivity contribution in [3.05, 3.63) is 29.8 Å². The van der Waals surface area contributed by atoms with Crippen molar-refractivity contribution in [1.82, 2.24) is 10.0 Å². The molecule has 2 N–H and O–H groups in total. The molecule has 3 rings (SSSR count). The van der Waals surface area contributed by atoms with E-state index in [2.05, 4.69) is 17.0 Å². The van der Waals surface area contributed by atoms with Gasteiger partial charge in [0.1, 0.15) is 0 Å². The molecular formula is C16H24N2O2S. The van der Waals surface area contributed by atoms with Crippen LogP contribution in [0, 0.1) is 5.92 Å². The van der Waals surface area contributed by atoms with Crippen molar-refractivity contribution >= 4 is 10.0 Å². The van der Waals surface area contributed by atoms with Gasteiger partial charge in [-0.15, -0.1) is 0 Å². The topological polar surface area (TPSA) is 58.2 Å². The van der Waals surface area contributed by atoms with Gasteiger partial charge in [-0.05, 0) is 55.7 Å². The van der Waals surface area contributed by atoms with E-state index in [1.165, 1.54) is 12.8 Å². The molecule has 5 heteroatoms. The Balaban J connectivity index is 1.67. The van der Waals surface area contributed by atoms with Crippen LogP contribution in [0.15, 0.2) is 29.2 Å². The Morgan fingerprint density at radius 2 is 1.90 bits per heavy atom. The summed E-state index contributed by atoms with van der Waals surface area (Å²) in [5.74, 6) is 0.617. The fourth-order valence-corrected chi connectivity index (χ4v) is 4.33. The lowest BCUT2D eigenvalue weighted by Crippen LogP contribution is -2.33. The fourth-order valence-electron chi connectivity index (χ4n) is 2.97. The molecule has 21 heavy (non-hydrogen) atoms. The summed E-state index contributed by atoms with van der Waals surface area (Å²) in [5, 5.41) is 3.42. The summed E-state index contributed by atoms with van der Waals surface area (Å²) in [6, 6.07) is 8.00. The van der Waals surface area contributed by atoms with Gasteiger partial charge in [0.2, 0.25) is 10.0 Å². The molecule has 0 aliphatic heterocycles. The van der Waals surface area contributed by atoms with Gasteiger partial charge in [0.15, 0.2) is 0 Å². The number of nitrogens with one attached hydrogen (secondary N) is 2. The van der Waals surface area contributed by atoms with E-state index in [1.807, 2.05) is 12.1 Å². The molecule has 116 valence electrons. The third kappa shape index (κ3) is 4.05. The molecule has 0 radical (unpaired) electrons. The monoisotopic (exact) mass is 308 g/mol. The maximum absolute atomic E-state index is 12.5. The van der Waals surface area contributed by atoms with Crippen molar-refractivity contribution in [2.75, 3.05) is 0 Å². The Bertz CT molecular complexity index is 596. The van der Waals surface area contributed by atoms with E-state index in [4.69, 9.17) is 0 Å². The standard InChI is InChI=1S/C16H24N2O2S/c1-12-5-6-15(9-12)18-21(19,20)16-4-2-3-13(10-16)11-17-14-7-8-14/h2-4,10,12,14-15,17-18H,5-9,11H2,1H3. The smallest absolute Gasteiger partial charge is 0.240 e. The summed E-state index contributed by atoms with van der Waals surface area (Å²) in [6.07, 6.45) is 5.48. The highest BCUT2D eigenvalue weighted by Gasteiger charge is 2.26. The molecule has 2 aliphatic carbocycles. The zero-order valence-electron chi connectivity index (χ0n) is 12.5. The van der Waals surface area contributed by atoms with Crippen molar-refractivity contribution < 1.29 is 8.42 Å². The normalized spacial score (nSPS) is 26.1. The molecule has 2 saturated carbocycles. The van der Waals surface area contributed by atoms with Crippen molar-refractivity contribution in [1.29, 1.82) is 0 Å². The maximum atomic E-state index is 12.5. The summed E-state index contributed by atoms with van der Waals surface area (Å²) < 4.78 is 27.8. The van der Waals surface area contributed by atoms with Crippen LogP contribution < -0.4 is 10.0 Å². The number of hydrogen-bond donors (Lipinski definition) is 2. The number of benzene rings is 1. The van der Waals surface area contributed by atoms with Gasteiger partial charge in [-0.3, -0.25) is 0 Å². The fraction of sp³-hybridized carbons (Fsp3) is 0.625. The minimum absolute atomic E-state index is 0.0956. The largest absolute Gasteiger partial charge is 0.310 e. The summed E-state index contributed by atoms with van der Waals surface area (Å²) >= 11 is 0. The first-order valence-electron chi connectivity index (χ1n) is 7.87. The zero-order valence-corrected chi connectivity index (χ0v) is 13.3. The Kier molecular flexibility index (Phi) is 4.33. The van der Waals surface area contributed by atoms with E-state index in [0.29, 0.717) is 16.9 Å². The Hall–Kier alpha value is -0.910. The molecule has 0 amide bonds. The van der Waals surface area contributed by atoms with Crippen LogP contribution >= 0.6 is 0 Å². The average molecular weight is 308 g/mol. The van der Waals surface area contributed by atoms with Crippen molar-refractivity contribution in [3.8, 4) is 0 Å². The van der Waals surface area contributed by atoms with Gasteiger partial charge in [0.25, 0.3) is 0 Å². The van der Waals surface area contributed by atoms with Crippen LogP contribution in [0.25, 0.3) is 0 Å². The lowest BCUT2D eigenvalue weighted by atomic mass is 10.1. The first-order valence-corrected chi connectivity index (χ1v) is 9.36. The maximum Gasteiger partial charge on any atom is 0.240 e. The summed E-state index contributed by atoms with van der Waals surface area (Å²) in [7, 11) is -3.39. The average Bonchev–Trinajstić information content (AvgIpc) is 3.20. The number of sulfonamides is 1. The van der Waals surface area contributed by atoms with Gasteiger partial charge in [-0.25, -0.2) is 13.1 Å². The predicted molar refractivity (Wildman–Crippen MR) is 83.4 cm³/mol. The van der Waals surface area contributed by atoms with Crippen molar-refractivity contribution in [3.63, 3.8) is 0 Å². The van der Waals surface area contributed by atoms with Gasteiger partial charge in [-0.2, -0.15) is 0 Å².